The molecule has 1 heterocycles. The molecule has 0 aliphatic rings. The van der Waals surface area contributed by atoms with Crippen molar-refractivity contribution in [1.82, 2.24) is 5.32 Å². The summed E-state index contributed by atoms with van der Waals surface area (Å²) in [5.74, 6) is -0.870. The van der Waals surface area contributed by atoms with E-state index in [0.717, 1.165) is 0 Å². The number of hydrogen-bond acceptors (Lipinski definition) is 3. The van der Waals surface area contributed by atoms with Crippen molar-refractivity contribution in [2.45, 2.75) is 0 Å². The molecule has 0 radical (unpaired) electrons. The quantitative estimate of drug-likeness (QED) is 0.777. The summed E-state index contributed by atoms with van der Waals surface area (Å²) in [5.41, 5.74) is 0.433. The third-order valence-electron chi connectivity index (χ3n) is 2.01. The molecule has 0 saturated heterocycles. The van der Waals surface area contributed by atoms with Crippen molar-refractivity contribution in [3.63, 3.8) is 0 Å². The lowest BCUT2D eigenvalue weighted by Gasteiger charge is -2.01. The van der Waals surface area contributed by atoms with E-state index >= 15 is 0 Å². The zero-order valence-corrected chi connectivity index (χ0v) is 8.34. The minimum Gasteiger partial charge on any atom is -0.459 e. The summed E-state index contributed by atoms with van der Waals surface area (Å²) in [4.78, 5) is 23.0. The lowest BCUT2D eigenvalue weighted by molar-refractivity contribution is 0.0832. The largest absolute Gasteiger partial charge is 0.459 e. The van der Waals surface area contributed by atoms with Gasteiger partial charge in [-0.15, -0.1) is 0 Å². The van der Waals surface area contributed by atoms with Crippen LogP contribution in [-0.2, 0) is 0 Å². The van der Waals surface area contributed by atoms with Crippen LogP contribution in [0.5, 0.6) is 0 Å². The zero-order valence-electron chi connectivity index (χ0n) is 8.34. The summed E-state index contributed by atoms with van der Waals surface area (Å²) >= 11 is 0. The van der Waals surface area contributed by atoms with Crippen LogP contribution in [0.4, 0.5) is 0 Å². The van der Waals surface area contributed by atoms with Gasteiger partial charge in [0.05, 0.1) is 6.26 Å². The maximum Gasteiger partial charge on any atom is 0.293 e. The second-order valence-corrected chi connectivity index (χ2v) is 3.13. The summed E-state index contributed by atoms with van der Waals surface area (Å²) in [6.45, 7) is 0. The lowest BCUT2D eigenvalue weighted by atomic mass is 10.2. The molecule has 1 aromatic carbocycles. The molecule has 0 saturated carbocycles. The average molecular weight is 215 g/mol. The van der Waals surface area contributed by atoms with Crippen LogP contribution in [0, 0.1) is 0 Å². The predicted octanol–water partition coefficient (Wildman–Crippen LogP) is 1.85. The Morgan fingerprint density at radius 3 is 2.31 bits per heavy atom. The van der Waals surface area contributed by atoms with Crippen LogP contribution in [0.25, 0.3) is 0 Å². The van der Waals surface area contributed by atoms with Crippen molar-refractivity contribution in [2.75, 3.05) is 0 Å². The summed E-state index contributed by atoms with van der Waals surface area (Å²) in [6.07, 6.45) is 1.38. The molecule has 0 fully saturated rings. The molecular weight excluding hydrogens is 206 g/mol. The monoisotopic (exact) mass is 215 g/mol. The fraction of sp³-hybridized carbons (Fsp3) is 0. The maximum atomic E-state index is 11.6. The molecule has 0 unspecified atom stereocenters. The highest BCUT2D eigenvalue weighted by Gasteiger charge is 2.13. The Balaban J connectivity index is 2.06. The number of hydrogen-bond donors (Lipinski definition) is 1. The SMILES string of the molecule is O=C(NC(=O)c1ccco1)c1ccccc1. The van der Waals surface area contributed by atoms with E-state index < -0.39 is 11.8 Å². The Bertz CT molecular complexity index is 488. The Hall–Kier alpha value is -2.36. The molecule has 0 bridgehead atoms. The topological polar surface area (TPSA) is 59.3 Å². The van der Waals surface area contributed by atoms with Crippen molar-refractivity contribution in [3.8, 4) is 0 Å². The van der Waals surface area contributed by atoms with E-state index in [2.05, 4.69) is 5.32 Å². The fourth-order valence-electron chi connectivity index (χ4n) is 1.23. The van der Waals surface area contributed by atoms with Crippen molar-refractivity contribution < 1.29 is 14.0 Å². The van der Waals surface area contributed by atoms with Crippen LogP contribution in [0.2, 0.25) is 0 Å². The highest BCUT2D eigenvalue weighted by molar-refractivity contribution is 6.09. The van der Waals surface area contributed by atoms with Crippen molar-refractivity contribution >= 4 is 11.8 Å². The van der Waals surface area contributed by atoms with Crippen LogP contribution < -0.4 is 5.32 Å². The standard InChI is InChI=1S/C12H9NO3/c14-11(9-5-2-1-3-6-9)13-12(15)10-7-4-8-16-10/h1-8H,(H,13,14,15). The first-order chi connectivity index (χ1) is 7.77. The van der Waals surface area contributed by atoms with E-state index in [-0.39, 0.29) is 5.76 Å². The third kappa shape index (κ3) is 2.17. The summed E-state index contributed by atoms with van der Waals surface area (Å²) < 4.78 is 4.87. The van der Waals surface area contributed by atoms with Crippen molar-refractivity contribution in [2.24, 2.45) is 0 Å². The highest BCUT2D eigenvalue weighted by Crippen LogP contribution is 2.02. The normalized spacial score (nSPS) is 9.75. The number of rotatable bonds is 2. The van der Waals surface area contributed by atoms with Crippen molar-refractivity contribution in [3.05, 3.63) is 60.1 Å². The first-order valence-corrected chi connectivity index (χ1v) is 4.71. The van der Waals surface area contributed by atoms with Gasteiger partial charge in [0.15, 0.2) is 5.76 Å². The summed E-state index contributed by atoms with van der Waals surface area (Å²) in [6, 6.07) is 11.6. The number of carbonyl (C=O) groups is 2. The molecule has 0 spiro atoms. The Kier molecular flexibility index (Phi) is 2.82. The second kappa shape index (κ2) is 4.44. The molecule has 80 valence electrons. The molecule has 2 rings (SSSR count). The number of benzene rings is 1. The number of carbonyl (C=O) groups excluding carboxylic acids is 2. The van der Waals surface area contributed by atoms with Crippen LogP contribution in [0.3, 0.4) is 0 Å². The summed E-state index contributed by atoms with van der Waals surface area (Å²) in [5, 5.41) is 2.23. The molecular formula is C12H9NO3. The van der Waals surface area contributed by atoms with Gasteiger partial charge >= 0.3 is 0 Å². The predicted molar refractivity (Wildman–Crippen MR) is 56.9 cm³/mol. The van der Waals surface area contributed by atoms with Gasteiger partial charge in [0.2, 0.25) is 0 Å². The number of imide groups is 1. The van der Waals surface area contributed by atoms with E-state index in [9.17, 15) is 9.59 Å². The molecule has 1 N–H and O–H groups in total. The van der Waals surface area contributed by atoms with Gasteiger partial charge < -0.3 is 4.42 Å². The van der Waals surface area contributed by atoms with Crippen LogP contribution in [-0.4, -0.2) is 11.8 Å². The van der Waals surface area contributed by atoms with Gasteiger partial charge in [0.1, 0.15) is 0 Å². The Morgan fingerprint density at radius 1 is 0.938 bits per heavy atom. The van der Waals surface area contributed by atoms with Crippen LogP contribution in [0.15, 0.2) is 53.1 Å². The van der Waals surface area contributed by atoms with E-state index in [1.54, 1.807) is 36.4 Å². The number of amides is 2. The first-order valence-electron chi connectivity index (χ1n) is 4.71. The van der Waals surface area contributed by atoms with Gasteiger partial charge in [0, 0.05) is 5.56 Å². The molecule has 0 atom stereocenters. The van der Waals surface area contributed by atoms with Gasteiger partial charge in [-0.1, -0.05) is 18.2 Å². The van der Waals surface area contributed by atoms with E-state index in [1.807, 2.05) is 0 Å². The maximum absolute atomic E-state index is 11.6. The van der Waals surface area contributed by atoms with Gasteiger partial charge in [-0.2, -0.15) is 0 Å². The lowest BCUT2D eigenvalue weighted by Crippen LogP contribution is -2.30. The van der Waals surface area contributed by atoms with Crippen molar-refractivity contribution in [1.29, 1.82) is 0 Å². The molecule has 2 aromatic rings. The average Bonchev–Trinajstić information content (AvgIpc) is 2.83. The van der Waals surface area contributed by atoms with E-state index in [4.69, 9.17) is 4.42 Å². The molecule has 0 aliphatic carbocycles. The molecule has 2 amide bonds. The third-order valence-corrected chi connectivity index (χ3v) is 2.01. The molecule has 1 aromatic heterocycles. The van der Waals surface area contributed by atoms with Gasteiger partial charge in [0.25, 0.3) is 11.8 Å². The van der Waals surface area contributed by atoms with Gasteiger partial charge in [-0.05, 0) is 24.3 Å². The van der Waals surface area contributed by atoms with Gasteiger partial charge in [-0.3, -0.25) is 14.9 Å². The van der Waals surface area contributed by atoms with E-state index in [1.165, 1.54) is 12.3 Å². The van der Waals surface area contributed by atoms with E-state index in [0.29, 0.717) is 5.56 Å². The van der Waals surface area contributed by atoms with Crippen LogP contribution in [0.1, 0.15) is 20.9 Å². The number of furan rings is 1. The number of nitrogens with one attached hydrogen (secondary N) is 1. The summed E-state index contributed by atoms with van der Waals surface area (Å²) in [7, 11) is 0. The van der Waals surface area contributed by atoms with Gasteiger partial charge in [-0.25, -0.2) is 0 Å². The first kappa shape index (κ1) is 10.2. The highest BCUT2D eigenvalue weighted by atomic mass is 16.3. The smallest absolute Gasteiger partial charge is 0.293 e. The molecule has 16 heavy (non-hydrogen) atoms. The minimum absolute atomic E-state index is 0.115. The fourth-order valence-corrected chi connectivity index (χ4v) is 1.23. The molecule has 4 heteroatoms. The minimum atomic E-state index is -0.543. The second-order valence-electron chi connectivity index (χ2n) is 3.13. The van der Waals surface area contributed by atoms with Crippen LogP contribution >= 0.6 is 0 Å². The zero-order chi connectivity index (χ0) is 11.4. The Morgan fingerprint density at radius 2 is 1.69 bits per heavy atom. The molecule has 4 nitrogen and oxygen atoms in total. The molecule has 0 aliphatic heterocycles. The Labute approximate surface area is 91.9 Å².